The fraction of sp³-hybridized carbons (Fsp3) is 0.227. The highest BCUT2D eigenvalue weighted by Crippen LogP contribution is 2.36. The molecule has 1 aliphatic rings. The molecule has 0 bridgehead atoms. The Morgan fingerprint density at radius 3 is 2.08 bits per heavy atom. The number of piperidine rings is 1. The van der Waals surface area contributed by atoms with E-state index < -0.39 is 0 Å². The lowest BCUT2D eigenvalue weighted by Crippen LogP contribution is -2.35. The van der Waals surface area contributed by atoms with E-state index in [0.717, 1.165) is 36.9 Å². The van der Waals surface area contributed by atoms with Crippen molar-refractivity contribution in [1.82, 2.24) is 4.90 Å². The van der Waals surface area contributed by atoms with Gasteiger partial charge in [-0.05, 0) is 57.6 Å². The van der Waals surface area contributed by atoms with Gasteiger partial charge in [-0.25, -0.2) is 0 Å². The van der Waals surface area contributed by atoms with Gasteiger partial charge in [0.15, 0.2) is 0 Å². The van der Waals surface area contributed by atoms with Crippen LogP contribution in [-0.4, -0.2) is 23.9 Å². The molecule has 1 amide bonds. The SMILES string of the molecule is O=C(c1ccc2ccc3cccc4ccc1c2c34)N1CCCCC1. The maximum atomic E-state index is 13.1. The summed E-state index contributed by atoms with van der Waals surface area (Å²) in [5.74, 6) is 0.188. The molecule has 24 heavy (non-hydrogen) atoms. The number of carbonyl (C=O) groups excluding carboxylic acids is 1. The zero-order chi connectivity index (χ0) is 16.1. The van der Waals surface area contributed by atoms with Crippen LogP contribution in [0.3, 0.4) is 0 Å². The minimum Gasteiger partial charge on any atom is -0.339 e. The Morgan fingerprint density at radius 1 is 0.708 bits per heavy atom. The zero-order valence-corrected chi connectivity index (χ0v) is 13.6. The number of benzene rings is 4. The largest absolute Gasteiger partial charge is 0.339 e. The summed E-state index contributed by atoms with van der Waals surface area (Å²) in [6.07, 6.45) is 3.48. The third-order valence-electron chi connectivity index (χ3n) is 5.40. The number of nitrogens with zero attached hydrogens (tertiary/aromatic N) is 1. The van der Waals surface area contributed by atoms with Gasteiger partial charge in [-0.15, -0.1) is 0 Å². The second kappa shape index (κ2) is 5.20. The van der Waals surface area contributed by atoms with E-state index in [1.807, 2.05) is 11.0 Å². The van der Waals surface area contributed by atoms with Crippen molar-refractivity contribution in [3.63, 3.8) is 0 Å². The Kier molecular flexibility index (Phi) is 2.99. The van der Waals surface area contributed by atoms with Gasteiger partial charge in [0.1, 0.15) is 0 Å². The van der Waals surface area contributed by atoms with Crippen LogP contribution in [0.15, 0.2) is 54.6 Å². The van der Waals surface area contributed by atoms with Crippen molar-refractivity contribution >= 4 is 38.2 Å². The van der Waals surface area contributed by atoms with Crippen LogP contribution >= 0.6 is 0 Å². The van der Waals surface area contributed by atoms with E-state index in [0.29, 0.717) is 0 Å². The first-order valence-electron chi connectivity index (χ1n) is 8.79. The average molecular weight is 313 g/mol. The molecule has 4 aromatic rings. The second-order valence-electron chi connectivity index (χ2n) is 6.82. The maximum absolute atomic E-state index is 13.1. The van der Waals surface area contributed by atoms with Crippen molar-refractivity contribution in [3.8, 4) is 0 Å². The van der Waals surface area contributed by atoms with E-state index in [9.17, 15) is 4.79 Å². The minimum atomic E-state index is 0.188. The number of carbonyl (C=O) groups is 1. The first-order valence-corrected chi connectivity index (χ1v) is 8.79. The summed E-state index contributed by atoms with van der Waals surface area (Å²) in [6.45, 7) is 1.78. The Bertz CT molecular complexity index is 1040. The highest BCUT2D eigenvalue weighted by Gasteiger charge is 2.21. The van der Waals surface area contributed by atoms with Crippen molar-refractivity contribution in [2.45, 2.75) is 19.3 Å². The maximum Gasteiger partial charge on any atom is 0.254 e. The molecule has 0 N–H and O–H groups in total. The molecule has 0 atom stereocenters. The minimum absolute atomic E-state index is 0.188. The molecule has 2 nitrogen and oxygen atoms in total. The molecular weight excluding hydrogens is 294 g/mol. The van der Waals surface area contributed by atoms with Gasteiger partial charge in [0.05, 0.1) is 0 Å². The van der Waals surface area contributed by atoms with E-state index >= 15 is 0 Å². The molecule has 0 saturated carbocycles. The predicted molar refractivity (Wildman–Crippen MR) is 99.9 cm³/mol. The van der Waals surface area contributed by atoms with Crippen LogP contribution in [-0.2, 0) is 0 Å². The second-order valence-corrected chi connectivity index (χ2v) is 6.82. The summed E-state index contributed by atoms with van der Waals surface area (Å²) in [5, 5.41) is 7.30. The molecule has 4 aromatic carbocycles. The highest BCUT2D eigenvalue weighted by molar-refractivity contribution is 6.26. The Hall–Kier alpha value is -2.61. The first kappa shape index (κ1) is 13.8. The monoisotopic (exact) mass is 313 g/mol. The van der Waals surface area contributed by atoms with E-state index in [1.54, 1.807) is 0 Å². The summed E-state index contributed by atoms with van der Waals surface area (Å²) in [5.41, 5.74) is 0.850. The molecule has 2 heteroatoms. The smallest absolute Gasteiger partial charge is 0.254 e. The topological polar surface area (TPSA) is 20.3 Å². The fourth-order valence-electron chi connectivity index (χ4n) is 4.19. The molecule has 0 aromatic heterocycles. The van der Waals surface area contributed by atoms with Gasteiger partial charge in [0.25, 0.3) is 5.91 Å². The van der Waals surface area contributed by atoms with E-state index in [1.165, 1.54) is 33.4 Å². The average Bonchev–Trinajstić information content (AvgIpc) is 2.66. The van der Waals surface area contributed by atoms with Crippen LogP contribution in [0.25, 0.3) is 32.3 Å². The van der Waals surface area contributed by atoms with Crippen molar-refractivity contribution in [2.75, 3.05) is 13.1 Å². The molecule has 0 unspecified atom stereocenters. The van der Waals surface area contributed by atoms with Gasteiger partial charge in [-0.3, -0.25) is 4.79 Å². The number of hydrogen-bond acceptors (Lipinski definition) is 1. The lowest BCUT2D eigenvalue weighted by molar-refractivity contribution is 0.0726. The quantitative estimate of drug-likeness (QED) is 0.442. The van der Waals surface area contributed by atoms with E-state index in [4.69, 9.17) is 0 Å². The third kappa shape index (κ3) is 1.92. The van der Waals surface area contributed by atoms with Gasteiger partial charge >= 0.3 is 0 Å². The lowest BCUT2D eigenvalue weighted by atomic mass is 9.91. The molecular formula is C22H19NO. The summed E-state index contributed by atoms with van der Waals surface area (Å²) in [7, 11) is 0. The van der Waals surface area contributed by atoms with E-state index in [-0.39, 0.29) is 5.91 Å². The predicted octanol–water partition coefficient (Wildman–Crippen LogP) is 5.21. The van der Waals surface area contributed by atoms with Crippen molar-refractivity contribution < 1.29 is 4.79 Å². The summed E-state index contributed by atoms with van der Waals surface area (Å²) < 4.78 is 0. The van der Waals surface area contributed by atoms with Crippen LogP contribution < -0.4 is 0 Å². The highest BCUT2D eigenvalue weighted by atomic mass is 16.2. The molecule has 1 saturated heterocycles. The van der Waals surface area contributed by atoms with Gasteiger partial charge in [0, 0.05) is 18.7 Å². The first-order chi connectivity index (χ1) is 11.8. The molecule has 0 radical (unpaired) electrons. The van der Waals surface area contributed by atoms with Crippen LogP contribution in [0.5, 0.6) is 0 Å². The van der Waals surface area contributed by atoms with Crippen LogP contribution in [0, 0.1) is 0 Å². The van der Waals surface area contributed by atoms with Gasteiger partial charge in [-0.2, -0.15) is 0 Å². The normalized spacial score (nSPS) is 15.6. The van der Waals surface area contributed by atoms with Crippen molar-refractivity contribution in [1.29, 1.82) is 0 Å². The number of amides is 1. The van der Waals surface area contributed by atoms with Crippen molar-refractivity contribution in [3.05, 3.63) is 60.2 Å². The van der Waals surface area contributed by atoms with E-state index in [2.05, 4.69) is 48.5 Å². The number of likely N-dealkylation sites (tertiary alicyclic amines) is 1. The fourth-order valence-corrected chi connectivity index (χ4v) is 4.19. The summed E-state index contributed by atoms with van der Waals surface area (Å²) in [4.78, 5) is 15.1. The van der Waals surface area contributed by atoms with Crippen molar-refractivity contribution in [2.24, 2.45) is 0 Å². The Morgan fingerprint density at radius 2 is 1.33 bits per heavy atom. The Balaban J connectivity index is 1.79. The van der Waals surface area contributed by atoms with Crippen LogP contribution in [0.2, 0.25) is 0 Å². The van der Waals surface area contributed by atoms with Crippen LogP contribution in [0.4, 0.5) is 0 Å². The lowest BCUT2D eigenvalue weighted by Gasteiger charge is -2.27. The molecule has 1 aliphatic heterocycles. The number of rotatable bonds is 1. The summed E-state index contributed by atoms with van der Waals surface area (Å²) in [6, 6.07) is 19.1. The van der Waals surface area contributed by atoms with Gasteiger partial charge in [0.2, 0.25) is 0 Å². The van der Waals surface area contributed by atoms with Gasteiger partial charge < -0.3 is 4.90 Å². The molecule has 1 heterocycles. The molecule has 1 fully saturated rings. The van der Waals surface area contributed by atoms with Gasteiger partial charge in [-0.1, -0.05) is 48.5 Å². The Labute approximate surface area is 141 Å². The third-order valence-corrected chi connectivity index (χ3v) is 5.40. The van der Waals surface area contributed by atoms with Crippen LogP contribution in [0.1, 0.15) is 29.6 Å². The molecule has 0 spiro atoms. The molecule has 118 valence electrons. The zero-order valence-electron chi connectivity index (χ0n) is 13.6. The molecule has 0 aliphatic carbocycles. The number of hydrogen-bond donors (Lipinski definition) is 0. The standard InChI is InChI=1S/C22H19NO/c24-22(23-13-2-1-3-14-23)19-12-10-17-8-7-15-5-4-6-16-9-11-18(19)21(17)20(15)16/h4-12H,1-3,13-14H2. The summed E-state index contributed by atoms with van der Waals surface area (Å²) >= 11 is 0. The molecule has 5 rings (SSSR count).